The van der Waals surface area contributed by atoms with Gasteiger partial charge in [-0.15, -0.1) is 0 Å². The van der Waals surface area contributed by atoms with Crippen molar-refractivity contribution in [2.45, 2.75) is 52.0 Å². The van der Waals surface area contributed by atoms with E-state index in [1.807, 2.05) is 0 Å². The van der Waals surface area contributed by atoms with Crippen LogP contribution in [0.5, 0.6) is 0 Å². The molecule has 123 valence electrons. The van der Waals surface area contributed by atoms with Crippen LogP contribution in [0.2, 0.25) is 0 Å². The van der Waals surface area contributed by atoms with Gasteiger partial charge in [0.1, 0.15) is 0 Å². The average molecular weight is 483 g/mol. The summed E-state index contributed by atoms with van der Waals surface area (Å²) in [5.74, 6) is -2.17. The summed E-state index contributed by atoms with van der Waals surface area (Å²) in [6.45, 7) is 1.94. The SMILES string of the molecule is CC(=O)[O-].CC(=O)[O-].N.NC1CCCCC1.O.[Cl][Pt]. The Morgan fingerprint density at radius 1 is 1.05 bits per heavy atom. The van der Waals surface area contributed by atoms with Crippen LogP contribution in [0.3, 0.4) is 0 Å². The first-order chi connectivity index (χ1) is 7.86. The van der Waals surface area contributed by atoms with Crippen molar-refractivity contribution in [1.29, 1.82) is 0 Å². The Balaban J connectivity index is -0.0000000486. The molecule has 1 saturated carbocycles. The number of carbonyl (C=O) groups is 2. The van der Waals surface area contributed by atoms with E-state index < -0.39 is 11.9 Å². The van der Waals surface area contributed by atoms with Gasteiger partial charge in [0.15, 0.2) is 0 Å². The van der Waals surface area contributed by atoms with E-state index in [1.165, 1.54) is 32.1 Å². The maximum atomic E-state index is 8.89. The standard InChI is InChI=1S/C6H13N.2C2H4O2.ClH.H3N.H2O.Pt/c7-6-4-2-1-3-5-6;2*1-2(3)4;;;;/h6H,1-5,7H2;2*1H3,(H,3,4);1H;1H3;1H2;/q;;;;;;+1/p-3. The molecule has 0 heterocycles. The van der Waals surface area contributed by atoms with E-state index in [9.17, 15) is 0 Å². The predicted octanol–water partition coefficient (Wildman–Crippen LogP) is -1.19. The molecular weight excluding hydrogens is 459 g/mol. The number of halogens is 1. The number of hydrogen-bond donors (Lipinski definition) is 2. The van der Waals surface area contributed by atoms with Crippen molar-refractivity contribution < 1.29 is 44.1 Å². The summed E-state index contributed by atoms with van der Waals surface area (Å²) in [5, 5.41) is 17.8. The Kier molecular flexibility index (Phi) is 43.4. The average Bonchev–Trinajstić information content (AvgIpc) is 2.20. The molecule has 7 nitrogen and oxygen atoms in total. The molecule has 9 heteroatoms. The van der Waals surface area contributed by atoms with Crippen LogP contribution in [-0.2, 0) is 28.4 Å². The first-order valence-electron chi connectivity index (χ1n) is 5.09. The zero-order valence-electron chi connectivity index (χ0n) is 11.2. The van der Waals surface area contributed by atoms with Crippen molar-refractivity contribution in [2.75, 3.05) is 0 Å². The minimum atomic E-state index is -1.08. The first-order valence-corrected chi connectivity index (χ1v) is 7.90. The van der Waals surface area contributed by atoms with E-state index in [0.717, 1.165) is 13.8 Å². The number of carbonyl (C=O) groups excluding carboxylic acids is 2. The molecule has 1 aliphatic rings. The Labute approximate surface area is 129 Å². The molecule has 19 heavy (non-hydrogen) atoms. The van der Waals surface area contributed by atoms with Gasteiger partial charge in [-0.1, -0.05) is 19.3 Å². The van der Waals surface area contributed by atoms with Crippen molar-refractivity contribution in [2.24, 2.45) is 5.73 Å². The maximum absolute atomic E-state index is 8.89. The third-order valence-corrected chi connectivity index (χ3v) is 1.65. The topological polar surface area (TPSA) is 173 Å². The van der Waals surface area contributed by atoms with E-state index >= 15 is 0 Å². The number of aliphatic carboxylic acids is 2. The molecule has 0 aromatic heterocycles. The zero-order chi connectivity index (χ0) is 14.3. The van der Waals surface area contributed by atoms with Gasteiger partial charge in [0.05, 0.1) is 0 Å². The van der Waals surface area contributed by atoms with Gasteiger partial charge in [0.2, 0.25) is 0 Å². The summed E-state index contributed by atoms with van der Waals surface area (Å²) in [5.41, 5.74) is 5.63. The normalized spacial score (nSPS) is 12.3. The minimum absolute atomic E-state index is 0. The van der Waals surface area contributed by atoms with Crippen LogP contribution in [0, 0.1) is 0 Å². The fourth-order valence-electron chi connectivity index (χ4n) is 1.13. The molecule has 0 amide bonds. The van der Waals surface area contributed by atoms with Crippen LogP contribution < -0.4 is 22.1 Å². The fraction of sp³-hybridized carbons (Fsp3) is 0.800. The number of carboxylic acids is 2. The molecule has 0 bridgehead atoms. The Morgan fingerprint density at radius 3 is 1.37 bits per heavy atom. The van der Waals surface area contributed by atoms with Gasteiger partial charge in [0, 0.05) is 18.0 Å². The number of hydrogen-bond acceptors (Lipinski definition) is 6. The predicted molar refractivity (Wildman–Crippen MR) is 66.9 cm³/mol. The second-order valence-electron chi connectivity index (χ2n) is 3.38. The molecule has 1 rings (SSSR count). The van der Waals surface area contributed by atoms with Gasteiger partial charge in [0.25, 0.3) is 0 Å². The molecule has 7 N–H and O–H groups in total. The molecule has 1 aliphatic carbocycles. The second-order valence-corrected chi connectivity index (χ2v) is 3.38. The van der Waals surface area contributed by atoms with Gasteiger partial charge >= 0.3 is 28.2 Å². The van der Waals surface area contributed by atoms with E-state index in [1.54, 1.807) is 18.8 Å². The molecule has 0 saturated heterocycles. The van der Waals surface area contributed by atoms with Crippen molar-refractivity contribution in [3.63, 3.8) is 0 Å². The molecule has 0 aromatic carbocycles. The third-order valence-electron chi connectivity index (χ3n) is 1.65. The summed E-state index contributed by atoms with van der Waals surface area (Å²) >= 11 is 1.61. The van der Waals surface area contributed by atoms with Crippen molar-refractivity contribution in [1.82, 2.24) is 6.15 Å². The Hall–Kier alpha value is -0.202. The quantitative estimate of drug-likeness (QED) is 0.439. The molecule has 0 spiro atoms. The van der Waals surface area contributed by atoms with Crippen LogP contribution in [0.25, 0.3) is 0 Å². The van der Waals surface area contributed by atoms with Crippen molar-refractivity contribution in [3.05, 3.63) is 0 Å². The molecule has 0 atom stereocenters. The number of nitrogens with two attached hydrogens (primary N) is 1. The van der Waals surface area contributed by atoms with Crippen molar-refractivity contribution >= 4 is 21.4 Å². The van der Waals surface area contributed by atoms with Crippen LogP contribution in [-0.4, -0.2) is 23.5 Å². The Morgan fingerprint density at radius 2 is 1.26 bits per heavy atom. The summed E-state index contributed by atoms with van der Waals surface area (Å²) in [7, 11) is 4.61. The molecule has 0 radical (unpaired) electrons. The zero-order valence-corrected chi connectivity index (χ0v) is 14.3. The van der Waals surface area contributed by atoms with E-state index in [0.29, 0.717) is 6.04 Å². The molecule has 0 aliphatic heterocycles. The van der Waals surface area contributed by atoms with Crippen molar-refractivity contribution in [3.8, 4) is 0 Å². The monoisotopic (exact) mass is 482 g/mol. The van der Waals surface area contributed by atoms with E-state index in [-0.39, 0.29) is 11.6 Å². The summed E-state index contributed by atoms with van der Waals surface area (Å²) in [4.78, 5) is 17.8. The van der Waals surface area contributed by atoms with E-state index in [2.05, 4.69) is 9.42 Å². The third kappa shape index (κ3) is 73.0. The van der Waals surface area contributed by atoms with Gasteiger partial charge in [-0.2, -0.15) is 0 Å². The fourth-order valence-corrected chi connectivity index (χ4v) is 1.13. The number of rotatable bonds is 0. The van der Waals surface area contributed by atoms with Gasteiger partial charge in [-0.3, -0.25) is 0 Å². The first kappa shape index (κ1) is 31.3. The summed E-state index contributed by atoms with van der Waals surface area (Å²) in [6.07, 6.45) is 6.66. The molecular formula is C10H24ClN2O5Pt-2. The van der Waals surface area contributed by atoms with Crippen LogP contribution >= 0.6 is 9.42 Å². The molecule has 0 aromatic rings. The van der Waals surface area contributed by atoms with E-state index in [4.69, 9.17) is 25.5 Å². The molecule has 1 fully saturated rings. The van der Waals surface area contributed by atoms with Crippen LogP contribution in [0.15, 0.2) is 0 Å². The summed E-state index contributed by atoms with van der Waals surface area (Å²) in [6, 6.07) is 0.536. The van der Waals surface area contributed by atoms with Gasteiger partial charge in [-0.05, 0) is 26.7 Å². The Bertz CT molecular complexity index is 173. The number of carboxylic acid groups (broad SMARTS) is 2. The van der Waals surface area contributed by atoms with Crippen LogP contribution in [0.1, 0.15) is 46.0 Å². The van der Waals surface area contributed by atoms with Crippen LogP contribution in [0.4, 0.5) is 0 Å². The van der Waals surface area contributed by atoms with Gasteiger partial charge in [-0.25, -0.2) is 0 Å². The molecule has 0 unspecified atom stereocenters. The summed E-state index contributed by atoms with van der Waals surface area (Å²) < 4.78 is 0. The second kappa shape index (κ2) is 26.4. The van der Waals surface area contributed by atoms with Gasteiger partial charge < -0.3 is 37.2 Å².